The molecule has 1 saturated heterocycles. The van der Waals surface area contributed by atoms with Crippen LogP contribution in [-0.4, -0.2) is 52.7 Å². The molecule has 0 amide bonds. The van der Waals surface area contributed by atoms with E-state index in [1.165, 1.54) is 16.8 Å². The van der Waals surface area contributed by atoms with E-state index < -0.39 is 0 Å². The molecule has 2 aromatic heterocycles. The van der Waals surface area contributed by atoms with E-state index in [2.05, 4.69) is 75.7 Å². The van der Waals surface area contributed by atoms with Crippen molar-refractivity contribution >= 4 is 28.4 Å². The Bertz CT molecular complexity index is 1410. The van der Waals surface area contributed by atoms with Crippen LogP contribution in [0.5, 0.6) is 0 Å². The second-order valence-corrected chi connectivity index (χ2v) is 9.58. The Labute approximate surface area is 205 Å². The molecule has 0 radical (unpaired) electrons. The predicted octanol–water partition coefficient (Wildman–Crippen LogP) is 4.21. The molecule has 2 aliphatic rings. The van der Waals surface area contributed by atoms with E-state index in [-0.39, 0.29) is 11.6 Å². The average molecular weight is 467 g/mol. The normalized spacial score (nSPS) is 18.4. The van der Waals surface area contributed by atoms with Crippen LogP contribution in [0.3, 0.4) is 0 Å². The minimum atomic E-state index is -0.0274. The van der Waals surface area contributed by atoms with Crippen LogP contribution in [0.15, 0.2) is 71.7 Å². The minimum absolute atomic E-state index is 0.0122. The summed E-state index contributed by atoms with van der Waals surface area (Å²) in [5.74, 6) is 0.494. The van der Waals surface area contributed by atoms with Crippen molar-refractivity contribution < 1.29 is 0 Å². The maximum absolute atomic E-state index is 13.1. The zero-order chi connectivity index (χ0) is 23.8. The van der Waals surface area contributed by atoms with Crippen molar-refractivity contribution in [2.75, 3.05) is 43.4 Å². The van der Waals surface area contributed by atoms with Gasteiger partial charge in [0.15, 0.2) is 0 Å². The Morgan fingerprint density at radius 1 is 0.943 bits per heavy atom. The second-order valence-electron chi connectivity index (χ2n) is 9.58. The molecule has 0 spiro atoms. The molecule has 1 N–H and O–H groups in total. The van der Waals surface area contributed by atoms with Crippen LogP contribution >= 0.6 is 0 Å². The molecule has 7 heteroatoms. The number of piperazine rings is 1. The molecule has 1 atom stereocenters. The van der Waals surface area contributed by atoms with Crippen molar-refractivity contribution in [3.05, 3.63) is 88.3 Å². The van der Waals surface area contributed by atoms with E-state index in [0.717, 1.165) is 56.5 Å². The summed E-state index contributed by atoms with van der Waals surface area (Å²) in [5, 5.41) is 4.20. The molecule has 4 aromatic rings. The molecule has 0 saturated carbocycles. The van der Waals surface area contributed by atoms with Crippen LogP contribution in [0.4, 0.5) is 17.3 Å². The van der Waals surface area contributed by atoms with Gasteiger partial charge in [0.05, 0.1) is 6.04 Å². The first-order valence-corrected chi connectivity index (χ1v) is 12.4. The van der Waals surface area contributed by atoms with Crippen molar-refractivity contribution in [3.8, 4) is 0 Å². The third-order valence-electron chi connectivity index (χ3n) is 7.31. The summed E-state index contributed by atoms with van der Waals surface area (Å²) < 4.78 is 1.86. The summed E-state index contributed by atoms with van der Waals surface area (Å²) in [6.45, 7) is 4.24. The molecule has 1 unspecified atom stereocenters. The Balaban J connectivity index is 1.31. The van der Waals surface area contributed by atoms with Gasteiger partial charge in [-0.15, -0.1) is 0 Å². The average Bonchev–Trinajstić information content (AvgIpc) is 2.89. The molecule has 6 rings (SSSR count). The summed E-state index contributed by atoms with van der Waals surface area (Å²) in [6, 6.07) is 20.3. The van der Waals surface area contributed by atoms with Gasteiger partial charge in [0.25, 0.3) is 5.56 Å². The predicted molar refractivity (Wildman–Crippen MR) is 141 cm³/mol. The van der Waals surface area contributed by atoms with Crippen molar-refractivity contribution in [2.45, 2.75) is 25.3 Å². The lowest BCUT2D eigenvalue weighted by molar-refractivity contribution is 0.313. The smallest absolute Gasteiger partial charge is 0.252 e. The molecule has 7 nitrogen and oxygen atoms in total. The zero-order valence-corrected chi connectivity index (χ0v) is 20.0. The van der Waals surface area contributed by atoms with Crippen LogP contribution in [0.1, 0.15) is 30.0 Å². The number of hydrogen-bond acceptors (Lipinski definition) is 6. The lowest BCUT2D eigenvalue weighted by Crippen LogP contribution is -2.44. The second kappa shape index (κ2) is 9.15. The molecule has 1 aliphatic carbocycles. The van der Waals surface area contributed by atoms with Gasteiger partial charge in [0, 0.05) is 55.2 Å². The largest absolute Gasteiger partial charge is 0.369 e. The number of fused-ring (bicyclic) bond motifs is 2. The topological polar surface area (TPSA) is 66.3 Å². The van der Waals surface area contributed by atoms with Crippen LogP contribution in [0.25, 0.3) is 11.0 Å². The Hall–Kier alpha value is -3.71. The van der Waals surface area contributed by atoms with Gasteiger partial charge in [-0.3, -0.25) is 9.36 Å². The van der Waals surface area contributed by atoms with E-state index >= 15 is 0 Å². The molecular formula is C28H30N6O. The van der Waals surface area contributed by atoms with Crippen molar-refractivity contribution in [1.82, 2.24) is 19.4 Å². The standard InChI is InChI=1S/C28H30N6O/c1-32-15-17-33(18-16-32)23-12-10-22(11-13-23)30-28-29-19-21-9-14-26(35)34(27(21)31-28)25-8-4-6-20-5-2-3-7-24(20)25/h2-3,5,7,9-14,19,25H,4,6,8,15-18H2,1H3,(H,29,30,31). The van der Waals surface area contributed by atoms with Gasteiger partial charge in [-0.2, -0.15) is 4.98 Å². The highest BCUT2D eigenvalue weighted by molar-refractivity contribution is 5.76. The number of rotatable bonds is 4. The SMILES string of the molecule is CN1CCN(c2ccc(Nc3ncc4ccc(=O)n(C5CCCc6ccccc65)c4n3)cc2)CC1. The molecule has 1 fully saturated rings. The zero-order valence-electron chi connectivity index (χ0n) is 20.0. The van der Waals surface area contributed by atoms with Crippen molar-refractivity contribution in [2.24, 2.45) is 0 Å². The van der Waals surface area contributed by atoms with Gasteiger partial charge in [0.1, 0.15) is 5.65 Å². The summed E-state index contributed by atoms with van der Waals surface area (Å²) in [4.78, 5) is 27.2. The van der Waals surface area contributed by atoms with Gasteiger partial charge in [0.2, 0.25) is 5.95 Å². The number of nitrogens with zero attached hydrogens (tertiary/aromatic N) is 5. The van der Waals surface area contributed by atoms with Crippen LogP contribution < -0.4 is 15.8 Å². The number of aryl methyl sites for hydroxylation is 1. The maximum atomic E-state index is 13.1. The molecule has 1 aliphatic heterocycles. The van der Waals surface area contributed by atoms with Gasteiger partial charge >= 0.3 is 0 Å². The fraction of sp³-hybridized carbons (Fsp3) is 0.321. The molecule has 35 heavy (non-hydrogen) atoms. The summed E-state index contributed by atoms with van der Waals surface area (Å²) in [6.07, 6.45) is 4.84. The number of hydrogen-bond donors (Lipinski definition) is 1. The summed E-state index contributed by atoms with van der Waals surface area (Å²) in [5.41, 5.74) is 5.34. The van der Waals surface area contributed by atoms with E-state index in [9.17, 15) is 4.79 Å². The van der Waals surface area contributed by atoms with Crippen molar-refractivity contribution in [1.29, 1.82) is 0 Å². The Morgan fingerprint density at radius 2 is 1.74 bits per heavy atom. The van der Waals surface area contributed by atoms with Gasteiger partial charge < -0.3 is 15.1 Å². The molecule has 3 heterocycles. The fourth-order valence-electron chi connectivity index (χ4n) is 5.35. The molecule has 0 bridgehead atoms. The molecule has 178 valence electrons. The molecular weight excluding hydrogens is 436 g/mol. The molecule has 2 aromatic carbocycles. The van der Waals surface area contributed by atoms with Gasteiger partial charge in [-0.25, -0.2) is 4.98 Å². The minimum Gasteiger partial charge on any atom is -0.369 e. The van der Waals surface area contributed by atoms with Gasteiger partial charge in [-0.05, 0) is 67.8 Å². The highest BCUT2D eigenvalue weighted by atomic mass is 16.1. The maximum Gasteiger partial charge on any atom is 0.252 e. The number of anilines is 3. The van der Waals surface area contributed by atoms with Crippen LogP contribution in [-0.2, 0) is 6.42 Å². The lowest BCUT2D eigenvalue weighted by atomic mass is 9.87. The number of likely N-dealkylation sites (N-methyl/N-ethyl adjacent to an activating group) is 1. The van der Waals surface area contributed by atoms with Crippen LogP contribution in [0, 0.1) is 0 Å². The summed E-state index contributed by atoms with van der Waals surface area (Å²) >= 11 is 0. The first-order chi connectivity index (χ1) is 17.2. The Morgan fingerprint density at radius 3 is 2.57 bits per heavy atom. The Kier molecular flexibility index (Phi) is 5.70. The number of benzene rings is 2. The van der Waals surface area contributed by atoms with E-state index in [1.807, 2.05) is 10.6 Å². The third-order valence-corrected chi connectivity index (χ3v) is 7.31. The first kappa shape index (κ1) is 21.8. The van der Waals surface area contributed by atoms with E-state index in [4.69, 9.17) is 4.98 Å². The van der Waals surface area contributed by atoms with E-state index in [0.29, 0.717) is 11.6 Å². The number of aromatic nitrogens is 3. The quantitative estimate of drug-likeness (QED) is 0.486. The lowest BCUT2D eigenvalue weighted by Gasteiger charge is -2.34. The number of nitrogens with one attached hydrogen (secondary N) is 1. The fourth-order valence-corrected chi connectivity index (χ4v) is 5.35. The first-order valence-electron chi connectivity index (χ1n) is 12.4. The summed E-state index contributed by atoms with van der Waals surface area (Å²) in [7, 11) is 2.17. The van der Waals surface area contributed by atoms with Gasteiger partial charge in [-0.1, -0.05) is 24.3 Å². The van der Waals surface area contributed by atoms with Crippen molar-refractivity contribution in [3.63, 3.8) is 0 Å². The third kappa shape index (κ3) is 4.28. The van der Waals surface area contributed by atoms with Crippen LogP contribution in [0.2, 0.25) is 0 Å². The number of pyridine rings is 1. The highest BCUT2D eigenvalue weighted by Crippen LogP contribution is 2.33. The highest BCUT2D eigenvalue weighted by Gasteiger charge is 2.24. The monoisotopic (exact) mass is 466 g/mol. The van der Waals surface area contributed by atoms with E-state index in [1.54, 1.807) is 12.3 Å².